The fourth-order valence-electron chi connectivity index (χ4n) is 5.36. The zero-order chi connectivity index (χ0) is 24.1. The molecule has 0 bridgehead atoms. The monoisotopic (exact) mass is 473 g/mol. The summed E-state index contributed by atoms with van der Waals surface area (Å²) in [6.07, 6.45) is 7.18. The summed E-state index contributed by atoms with van der Waals surface area (Å²) in [7, 11) is 0. The first-order chi connectivity index (χ1) is 16.4. The van der Waals surface area contributed by atoms with Crippen LogP contribution in [-0.4, -0.2) is 47.4 Å². The number of hydrogen-bond donors (Lipinski definition) is 1. The molecule has 8 nitrogen and oxygen atoms in total. The largest absolute Gasteiger partial charge is 0.450 e. The van der Waals surface area contributed by atoms with Gasteiger partial charge in [-0.1, -0.05) is 32.1 Å². The van der Waals surface area contributed by atoms with Crippen LogP contribution in [0, 0.1) is 23.6 Å². The maximum atomic E-state index is 13.7. The third-order valence-electron chi connectivity index (χ3n) is 7.10. The maximum absolute atomic E-state index is 13.7. The van der Waals surface area contributed by atoms with Gasteiger partial charge in [0.1, 0.15) is 11.3 Å². The molecule has 2 aromatic rings. The van der Waals surface area contributed by atoms with Crippen LogP contribution in [0.5, 0.6) is 0 Å². The summed E-state index contributed by atoms with van der Waals surface area (Å²) in [6.45, 7) is 1.27. The lowest BCUT2D eigenvalue weighted by molar-refractivity contribution is -0.136. The van der Waals surface area contributed by atoms with Gasteiger partial charge in [0.25, 0.3) is 5.89 Å². The average Bonchev–Trinajstić information content (AvgIpc) is 3.50. The van der Waals surface area contributed by atoms with E-state index in [-0.39, 0.29) is 30.4 Å². The second kappa shape index (κ2) is 11.0. The van der Waals surface area contributed by atoms with Gasteiger partial charge in [-0.25, -0.2) is 14.2 Å². The SMILES string of the molecule is NC(=O)OCCC(C(=O)c1nc2ccc(F)cc2o1)C(CC1CCCCC1)C(=O)N1CCCC1. The van der Waals surface area contributed by atoms with Gasteiger partial charge in [0.15, 0.2) is 5.58 Å². The summed E-state index contributed by atoms with van der Waals surface area (Å²) in [5.41, 5.74) is 5.67. The molecule has 1 aromatic carbocycles. The lowest BCUT2D eigenvalue weighted by Crippen LogP contribution is -2.41. The Kier molecular flexibility index (Phi) is 7.80. The van der Waals surface area contributed by atoms with Crippen LogP contribution in [0.25, 0.3) is 11.1 Å². The number of hydrogen-bond acceptors (Lipinski definition) is 6. The van der Waals surface area contributed by atoms with Crippen molar-refractivity contribution < 1.29 is 27.9 Å². The molecule has 2 heterocycles. The van der Waals surface area contributed by atoms with Gasteiger partial charge in [0.05, 0.1) is 6.61 Å². The molecule has 34 heavy (non-hydrogen) atoms. The number of carbonyl (C=O) groups excluding carboxylic acids is 3. The van der Waals surface area contributed by atoms with Gasteiger partial charge < -0.3 is 19.8 Å². The van der Waals surface area contributed by atoms with Crippen LogP contribution >= 0.6 is 0 Å². The van der Waals surface area contributed by atoms with E-state index in [4.69, 9.17) is 14.9 Å². The number of carbonyl (C=O) groups is 3. The van der Waals surface area contributed by atoms with E-state index in [2.05, 4.69) is 4.98 Å². The van der Waals surface area contributed by atoms with E-state index in [1.165, 1.54) is 24.6 Å². The molecule has 9 heteroatoms. The predicted molar refractivity (Wildman–Crippen MR) is 122 cm³/mol. The Morgan fingerprint density at radius 1 is 1.12 bits per heavy atom. The highest BCUT2D eigenvalue weighted by Crippen LogP contribution is 2.36. The molecular weight excluding hydrogens is 441 g/mol. The highest BCUT2D eigenvalue weighted by Gasteiger charge is 2.40. The normalized spacial score (nSPS) is 18.7. The van der Waals surface area contributed by atoms with Crippen molar-refractivity contribution >= 4 is 28.9 Å². The Bertz CT molecular complexity index is 1030. The number of primary amides is 1. The number of nitrogens with two attached hydrogens (primary N) is 1. The molecular formula is C25H32FN3O5. The quantitative estimate of drug-likeness (QED) is 0.538. The van der Waals surface area contributed by atoms with E-state index < -0.39 is 29.5 Å². The number of ketones is 1. The molecule has 2 N–H and O–H groups in total. The molecule has 184 valence electrons. The summed E-state index contributed by atoms with van der Waals surface area (Å²) in [6, 6.07) is 3.88. The van der Waals surface area contributed by atoms with Crippen molar-refractivity contribution in [2.24, 2.45) is 23.5 Å². The standard InChI is InChI=1S/C25H32FN3O5/c26-17-8-9-20-21(15-17)34-23(28-20)22(30)18(10-13-33-25(27)32)19(14-16-6-2-1-3-7-16)24(31)29-11-4-5-12-29/h8-9,15-16,18-19H,1-7,10-14H2,(H2,27,32). The van der Waals surface area contributed by atoms with E-state index in [1.807, 2.05) is 4.90 Å². The van der Waals surface area contributed by atoms with E-state index in [9.17, 15) is 18.8 Å². The molecule has 1 aliphatic heterocycles. The molecule has 1 aliphatic carbocycles. The Morgan fingerprint density at radius 2 is 1.85 bits per heavy atom. The minimum absolute atomic E-state index is 0.0392. The van der Waals surface area contributed by atoms with Crippen LogP contribution in [0.4, 0.5) is 9.18 Å². The van der Waals surface area contributed by atoms with Crippen LogP contribution in [0.3, 0.4) is 0 Å². The summed E-state index contributed by atoms with van der Waals surface area (Å²) in [5.74, 6) is -2.12. The first kappa shape index (κ1) is 24.2. The second-order valence-corrected chi connectivity index (χ2v) is 9.44. The minimum atomic E-state index is -0.932. The first-order valence-corrected chi connectivity index (χ1v) is 12.2. The van der Waals surface area contributed by atoms with Gasteiger partial charge in [-0.2, -0.15) is 0 Å². The zero-order valence-corrected chi connectivity index (χ0v) is 19.3. The number of ether oxygens (including phenoxy) is 1. The average molecular weight is 474 g/mol. The molecule has 0 radical (unpaired) electrons. The second-order valence-electron chi connectivity index (χ2n) is 9.44. The highest BCUT2D eigenvalue weighted by molar-refractivity contribution is 5.98. The number of likely N-dealkylation sites (tertiary alicyclic amines) is 1. The Hall–Kier alpha value is -2.97. The Morgan fingerprint density at radius 3 is 2.56 bits per heavy atom. The number of aromatic nitrogens is 1. The lowest BCUT2D eigenvalue weighted by Gasteiger charge is -2.32. The van der Waals surface area contributed by atoms with Crippen molar-refractivity contribution in [3.8, 4) is 0 Å². The molecule has 1 saturated heterocycles. The van der Waals surface area contributed by atoms with Crippen molar-refractivity contribution in [1.29, 1.82) is 0 Å². The highest BCUT2D eigenvalue weighted by atomic mass is 19.1. The van der Waals surface area contributed by atoms with Gasteiger partial charge >= 0.3 is 6.09 Å². The van der Waals surface area contributed by atoms with Crippen molar-refractivity contribution in [3.63, 3.8) is 0 Å². The summed E-state index contributed by atoms with van der Waals surface area (Å²) < 4.78 is 24.2. The number of amides is 2. The lowest BCUT2D eigenvalue weighted by atomic mass is 9.75. The molecule has 2 atom stereocenters. The van der Waals surface area contributed by atoms with Crippen LogP contribution in [0.15, 0.2) is 22.6 Å². The third-order valence-corrected chi connectivity index (χ3v) is 7.10. The Balaban J connectivity index is 1.64. The van der Waals surface area contributed by atoms with Crippen molar-refractivity contribution in [2.45, 2.75) is 57.8 Å². The fourth-order valence-corrected chi connectivity index (χ4v) is 5.36. The number of fused-ring (bicyclic) bond motifs is 1. The number of oxazole rings is 1. The minimum Gasteiger partial charge on any atom is -0.450 e. The van der Waals surface area contributed by atoms with E-state index in [0.717, 1.165) is 38.5 Å². The van der Waals surface area contributed by atoms with Crippen LogP contribution in [-0.2, 0) is 9.53 Å². The molecule has 0 spiro atoms. The molecule has 1 aromatic heterocycles. The summed E-state index contributed by atoms with van der Waals surface area (Å²) in [4.78, 5) is 44.6. The molecule has 1 saturated carbocycles. The van der Waals surface area contributed by atoms with Crippen LogP contribution in [0.1, 0.15) is 68.5 Å². The Labute approximate surface area is 198 Å². The number of nitrogens with zero attached hydrogens (tertiary/aromatic N) is 2. The van der Waals surface area contributed by atoms with Crippen molar-refractivity contribution in [3.05, 3.63) is 29.9 Å². The number of rotatable bonds is 9. The first-order valence-electron chi connectivity index (χ1n) is 12.2. The molecule has 2 unspecified atom stereocenters. The fraction of sp³-hybridized carbons (Fsp3) is 0.600. The van der Waals surface area contributed by atoms with Gasteiger partial charge in [-0.15, -0.1) is 0 Å². The number of halogens is 1. The van der Waals surface area contributed by atoms with Crippen LogP contribution in [0.2, 0.25) is 0 Å². The van der Waals surface area contributed by atoms with Crippen molar-refractivity contribution in [1.82, 2.24) is 9.88 Å². The van der Waals surface area contributed by atoms with Gasteiger partial charge in [0.2, 0.25) is 11.7 Å². The molecule has 2 amide bonds. The molecule has 2 aliphatic rings. The summed E-state index contributed by atoms with van der Waals surface area (Å²) in [5, 5.41) is 0. The topological polar surface area (TPSA) is 116 Å². The summed E-state index contributed by atoms with van der Waals surface area (Å²) >= 11 is 0. The molecule has 4 rings (SSSR count). The van der Waals surface area contributed by atoms with E-state index in [1.54, 1.807) is 0 Å². The predicted octanol–water partition coefficient (Wildman–Crippen LogP) is 4.46. The maximum Gasteiger partial charge on any atom is 0.404 e. The van der Waals surface area contributed by atoms with Crippen LogP contribution < -0.4 is 5.73 Å². The number of Topliss-reactive ketones (excluding diaryl/α,β-unsaturated/α-hetero) is 1. The van der Waals surface area contributed by atoms with Gasteiger partial charge in [-0.3, -0.25) is 9.59 Å². The van der Waals surface area contributed by atoms with Gasteiger partial charge in [0, 0.05) is 31.0 Å². The zero-order valence-electron chi connectivity index (χ0n) is 19.3. The van der Waals surface area contributed by atoms with Gasteiger partial charge in [-0.05, 0) is 43.7 Å². The smallest absolute Gasteiger partial charge is 0.404 e. The third kappa shape index (κ3) is 5.74. The van der Waals surface area contributed by atoms with E-state index >= 15 is 0 Å². The molecule has 2 fully saturated rings. The van der Waals surface area contributed by atoms with E-state index in [0.29, 0.717) is 30.9 Å². The number of benzene rings is 1. The van der Waals surface area contributed by atoms with Crippen molar-refractivity contribution in [2.75, 3.05) is 19.7 Å².